The average Bonchev–Trinajstić information content (AvgIpc) is 3.11. The minimum Gasteiger partial charge on any atom is -0.378 e. The number of nitrogens with zero attached hydrogens (tertiary/aromatic N) is 2. The van der Waals surface area contributed by atoms with Crippen molar-refractivity contribution in [1.29, 1.82) is 0 Å². The Kier molecular flexibility index (Phi) is 11.3. The first-order valence-electron chi connectivity index (χ1n) is 10.3. The molecule has 3 rings (SSSR count). The van der Waals surface area contributed by atoms with Crippen LogP contribution in [0.3, 0.4) is 0 Å². The summed E-state index contributed by atoms with van der Waals surface area (Å²) in [7, 11) is 4.09. The predicted molar refractivity (Wildman–Crippen MR) is 129 cm³/mol. The molecule has 3 aromatic rings. The molecule has 0 saturated heterocycles. The number of fused-ring (bicyclic) bond motifs is 1. The molecular weight excluding hydrogens is 470 g/mol. The van der Waals surface area contributed by atoms with Crippen LogP contribution in [0.25, 0.3) is 20.8 Å². The van der Waals surface area contributed by atoms with Crippen molar-refractivity contribution in [3.8, 4) is 10.6 Å². The molecule has 0 atom stereocenters. The van der Waals surface area contributed by atoms with Crippen LogP contribution in [-0.2, 0) is 21.1 Å². The van der Waals surface area contributed by atoms with Crippen LogP contribution in [0.5, 0.6) is 0 Å². The Balaban J connectivity index is 0.000000329. The Bertz CT molecular complexity index is 836. The van der Waals surface area contributed by atoms with E-state index >= 15 is 0 Å². The number of hydrogen-bond donors (Lipinski definition) is 1. The van der Waals surface area contributed by atoms with E-state index in [1.807, 2.05) is 32.3 Å². The summed E-state index contributed by atoms with van der Waals surface area (Å²) in [6.45, 7) is 9.79. The van der Waals surface area contributed by atoms with E-state index in [1.54, 1.807) is 11.3 Å². The molecule has 0 unspecified atom stereocenters. The van der Waals surface area contributed by atoms with Gasteiger partial charge in [0.25, 0.3) is 0 Å². The summed E-state index contributed by atoms with van der Waals surface area (Å²) in [5.41, 5.74) is 9.37. The third-order valence-corrected chi connectivity index (χ3v) is 6.05. The standard InChI is InChI=1S/C15H13N2S.C10H22N.Mo/c1-17(2)12-9-7-11(8-10-12)15-16-13-5-3-4-6-14(13)18-15;1-9(2)5-6-10(3,4)7-8-11;/h3,5-10H,1-2H3;5-8,11H2,1-4H3;/q2*-1;+2. The van der Waals surface area contributed by atoms with E-state index in [4.69, 9.17) is 5.73 Å². The van der Waals surface area contributed by atoms with Crippen molar-refractivity contribution >= 4 is 27.2 Å². The Morgan fingerprint density at radius 3 is 2.30 bits per heavy atom. The fourth-order valence-corrected chi connectivity index (χ4v) is 3.90. The number of rotatable bonds is 7. The Labute approximate surface area is 201 Å². The minimum absolute atomic E-state index is 0. The van der Waals surface area contributed by atoms with Gasteiger partial charge in [-0.1, -0.05) is 25.0 Å². The van der Waals surface area contributed by atoms with Gasteiger partial charge < -0.3 is 16.6 Å². The molecule has 1 aromatic heterocycles. The van der Waals surface area contributed by atoms with Crippen LogP contribution < -0.4 is 10.6 Å². The third kappa shape index (κ3) is 8.49. The second-order valence-corrected chi connectivity index (χ2v) is 9.79. The molecule has 0 aliphatic heterocycles. The van der Waals surface area contributed by atoms with Crippen LogP contribution >= 0.6 is 11.3 Å². The van der Waals surface area contributed by atoms with E-state index in [9.17, 15) is 0 Å². The van der Waals surface area contributed by atoms with E-state index in [0.29, 0.717) is 5.41 Å². The number of hydrogen-bond acceptors (Lipinski definition) is 4. The Hall–Kier alpha value is -1.22. The topological polar surface area (TPSA) is 42.2 Å². The van der Waals surface area contributed by atoms with E-state index in [1.165, 1.54) is 34.7 Å². The number of thiazole rings is 1. The summed E-state index contributed by atoms with van der Waals surface area (Å²) >= 11 is 1.71. The number of nitrogens with two attached hydrogens (primary N) is 1. The molecule has 2 aromatic carbocycles. The van der Waals surface area contributed by atoms with Gasteiger partial charge in [0, 0.05) is 25.3 Å². The molecule has 0 radical (unpaired) electrons. The molecule has 0 aliphatic carbocycles. The smallest absolute Gasteiger partial charge is 0.378 e. The van der Waals surface area contributed by atoms with Gasteiger partial charge in [-0.15, -0.1) is 6.07 Å². The first-order valence-corrected chi connectivity index (χ1v) is 11.1. The molecule has 0 amide bonds. The zero-order chi connectivity index (χ0) is 21.4. The SMILES string of the molecule is CN(C)c1ccc(-c2nc3cc[c-]cc3s2)cc1.C[C-](C)CCC(C)(C)CCN.[Mo+2]. The molecule has 3 nitrogen and oxygen atoms in total. The first-order chi connectivity index (χ1) is 13.7. The van der Waals surface area contributed by atoms with Gasteiger partial charge in [0.1, 0.15) is 5.01 Å². The zero-order valence-electron chi connectivity index (χ0n) is 19.2. The van der Waals surface area contributed by atoms with Gasteiger partial charge in [0.05, 0.1) is 0 Å². The van der Waals surface area contributed by atoms with Crippen molar-refractivity contribution < 1.29 is 21.1 Å². The summed E-state index contributed by atoms with van der Waals surface area (Å²) in [6.07, 6.45) is 3.65. The van der Waals surface area contributed by atoms with E-state index < -0.39 is 0 Å². The van der Waals surface area contributed by atoms with Crippen molar-refractivity contribution in [3.63, 3.8) is 0 Å². The van der Waals surface area contributed by atoms with Gasteiger partial charge in [-0.05, 0) is 48.2 Å². The molecular formula is C25H35MoN3S. The monoisotopic (exact) mass is 507 g/mol. The van der Waals surface area contributed by atoms with Crippen molar-refractivity contribution in [2.75, 3.05) is 25.5 Å². The van der Waals surface area contributed by atoms with Gasteiger partial charge in [0.2, 0.25) is 0 Å². The van der Waals surface area contributed by atoms with Gasteiger partial charge in [-0.3, -0.25) is 4.98 Å². The molecule has 1 heterocycles. The first kappa shape index (κ1) is 26.8. The molecule has 0 aliphatic rings. The van der Waals surface area contributed by atoms with E-state index in [0.717, 1.165) is 23.5 Å². The Morgan fingerprint density at radius 2 is 1.77 bits per heavy atom. The summed E-state index contributed by atoms with van der Waals surface area (Å²) in [4.78, 5) is 6.74. The summed E-state index contributed by atoms with van der Waals surface area (Å²) in [5.74, 6) is 1.52. The predicted octanol–water partition coefficient (Wildman–Crippen LogP) is 6.58. The second-order valence-electron chi connectivity index (χ2n) is 8.76. The number of anilines is 1. The Morgan fingerprint density at radius 1 is 1.10 bits per heavy atom. The summed E-state index contributed by atoms with van der Waals surface area (Å²) < 4.78 is 1.18. The van der Waals surface area contributed by atoms with Gasteiger partial charge in [-0.25, -0.2) is 0 Å². The minimum atomic E-state index is 0. The molecule has 0 saturated carbocycles. The molecule has 2 N–H and O–H groups in total. The van der Waals surface area contributed by atoms with Gasteiger partial charge in [0.15, 0.2) is 0 Å². The fourth-order valence-electron chi connectivity index (χ4n) is 2.95. The largest absolute Gasteiger partial charge is 2.00 e. The van der Waals surface area contributed by atoms with Crippen LogP contribution in [0.1, 0.15) is 47.0 Å². The molecule has 5 heteroatoms. The van der Waals surface area contributed by atoms with Crippen molar-refractivity contribution in [2.45, 2.75) is 47.0 Å². The van der Waals surface area contributed by atoms with Crippen LogP contribution in [-0.4, -0.2) is 25.6 Å². The summed E-state index contributed by atoms with van der Waals surface area (Å²) in [5, 5.41) is 1.06. The maximum Gasteiger partial charge on any atom is 2.00 e. The third-order valence-electron chi connectivity index (χ3n) is 4.99. The molecule has 0 fully saturated rings. The van der Waals surface area contributed by atoms with Crippen LogP contribution in [0, 0.1) is 17.4 Å². The van der Waals surface area contributed by atoms with E-state index in [2.05, 4.69) is 67.9 Å². The number of aromatic nitrogens is 1. The van der Waals surface area contributed by atoms with Crippen LogP contribution in [0.2, 0.25) is 0 Å². The van der Waals surface area contributed by atoms with Crippen LogP contribution in [0.4, 0.5) is 5.69 Å². The van der Waals surface area contributed by atoms with Gasteiger partial charge in [-0.2, -0.15) is 49.8 Å². The summed E-state index contributed by atoms with van der Waals surface area (Å²) in [6, 6.07) is 17.5. The average molecular weight is 506 g/mol. The zero-order valence-corrected chi connectivity index (χ0v) is 22.0. The maximum atomic E-state index is 5.51. The fraction of sp³-hybridized carbons (Fsp3) is 0.440. The van der Waals surface area contributed by atoms with Crippen molar-refractivity contribution in [2.24, 2.45) is 11.1 Å². The maximum absolute atomic E-state index is 5.51. The van der Waals surface area contributed by atoms with Crippen molar-refractivity contribution in [1.82, 2.24) is 4.98 Å². The van der Waals surface area contributed by atoms with Crippen molar-refractivity contribution in [3.05, 3.63) is 54.4 Å². The number of benzene rings is 2. The van der Waals surface area contributed by atoms with E-state index in [-0.39, 0.29) is 21.1 Å². The molecule has 0 bridgehead atoms. The quantitative estimate of drug-likeness (QED) is 0.291. The van der Waals surface area contributed by atoms with Crippen LogP contribution in [0.15, 0.2) is 42.5 Å². The second kappa shape index (κ2) is 12.6. The molecule has 162 valence electrons. The molecule has 30 heavy (non-hydrogen) atoms. The normalized spacial score (nSPS) is 11.1. The van der Waals surface area contributed by atoms with Gasteiger partial charge >= 0.3 is 21.1 Å². The molecule has 0 spiro atoms.